The van der Waals surface area contributed by atoms with Gasteiger partial charge in [-0.3, -0.25) is 0 Å². The Morgan fingerprint density at radius 3 is 2.53 bits per heavy atom. The van der Waals surface area contributed by atoms with Crippen LogP contribution in [-0.2, 0) is 7.05 Å². The number of aryl methyl sites for hydroxylation is 1. The van der Waals surface area contributed by atoms with Crippen LogP contribution in [0, 0.1) is 23.6 Å². The van der Waals surface area contributed by atoms with Crippen LogP contribution in [0.1, 0.15) is 0 Å². The van der Waals surface area contributed by atoms with Crippen LogP contribution >= 0.6 is 0 Å². The van der Waals surface area contributed by atoms with Crippen LogP contribution in [-0.4, -0.2) is 49.2 Å². The zero-order chi connectivity index (χ0) is 25.0. The molecule has 3 atom stereocenters. The lowest BCUT2D eigenvalue weighted by atomic mass is 10.1. The number of nitrogens with one attached hydrogen (secondary N) is 1. The van der Waals surface area contributed by atoms with E-state index in [2.05, 4.69) is 30.4 Å². The number of hydrogen-bond acceptors (Lipinski definition) is 8. The van der Waals surface area contributed by atoms with E-state index in [1.54, 1.807) is 36.1 Å². The van der Waals surface area contributed by atoms with Gasteiger partial charge in [0.25, 0.3) is 0 Å². The van der Waals surface area contributed by atoms with Gasteiger partial charge in [0.15, 0.2) is 5.82 Å². The average molecular weight is 493 g/mol. The van der Waals surface area contributed by atoms with Crippen molar-refractivity contribution in [2.75, 3.05) is 29.0 Å². The van der Waals surface area contributed by atoms with Crippen molar-refractivity contribution >= 4 is 23.4 Å². The number of benzene rings is 1. The Kier molecular flexibility index (Phi) is 5.23. The van der Waals surface area contributed by atoms with Gasteiger partial charge in [-0.05, 0) is 48.2 Å². The molecule has 2 fully saturated rings. The molecule has 36 heavy (non-hydrogen) atoms. The summed E-state index contributed by atoms with van der Waals surface area (Å²) in [6.45, 7) is 1.23. The molecule has 0 amide bonds. The quantitative estimate of drug-likeness (QED) is 0.418. The molecule has 2 aliphatic rings. The Balaban J connectivity index is 1.15. The average Bonchev–Trinajstić information content (AvgIpc) is 3.16. The largest absolute Gasteiger partial charge is 0.368 e. The van der Waals surface area contributed by atoms with Crippen molar-refractivity contribution in [3.05, 3.63) is 54.6 Å². The minimum atomic E-state index is -2.23. The summed E-state index contributed by atoms with van der Waals surface area (Å²) in [5, 5.41) is 7.51. The highest BCUT2D eigenvalue weighted by molar-refractivity contribution is 5.66. The van der Waals surface area contributed by atoms with Crippen molar-refractivity contribution in [1.29, 1.82) is 0 Å². The second-order valence-corrected chi connectivity index (χ2v) is 9.05. The van der Waals surface area contributed by atoms with Crippen molar-refractivity contribution < 1.29 is 13.2 Å². The molecule has 0 radical (unpaired) electrons. The minimum absolute atomic E-state index is 0.0653. The number of rotatable bonds is 6. The topological polar surface area (TPSA) is 111 Å². The van der Waals surface area contributed by atoms with Gasteiger partial charge in [-0.1, -0.05) is 0 Å². The molecule has 3 N–H and O–H groups in total. The summed E-state index contributed by atoms with van der Waals surface area (Å²) in [5.41, 5.74) is 7.49. The Morgan fingerprint density at radius 2 is 1.86 bits per heavy atom. The van der Waals surface area contributed by atoms with Gasteiger partial charge in [0.1, 0.15) is 11.6 Å². The number of anilines is 4. The number of piperidine rings is 1. The molecule has 1 unspecified atom stereocenters. The molecule has 0 spiro atoms. The van der Waals surface area contributed by atoms with E-state index >= 15 is 0 Å². The molecular weight excluding hydrogens is 471 g/mol. The minimum Gasteiger partial charge on any atom is -0.368 e. The molecule has 4 aromatic rings. The standard InChI is InChI=1S/C24H22F3N9/c1-35-24(31-13-3-4-14(17(25)8-13)18-6-7-29-23(28)32-18)33-22(34-35)12-2-5-19(30-9-12)36-10-15-16(11-36)20(15)21(26)27/h2-9,15-16,20-21H,10-11H2,1H3,(H2,28,29,32)(H,31,33,34)/t15-,16+,20?. The number of nitrogen functional groups attached to an aromatic ring is 1. The number of hydrogen-bond donors (Lipinski definition) is 2. The van der Waals surface area contributed by atoms with Crippen LogP contribution in [0.15, 0.2) is 48.8 Å². The lowest BCUT2D eigenvalue weighted by Crippen LogP contribution is -2.26. The van der Waals surface area contributed by atoms with E-state index < -0.39 is 18.2 Å². The fourth-order valence-corrected chi connectivity index (χ4v) is 4.91. The highest BCUT2D eigenvalue weighted by Gasteiger charge is 2.60. The number of nitrogens with zero attached hydrogens (tertiary/aromatic N) is 7. The number of nitrogens with two attached hydrogens (primary N) is 1. The van der Waals surface area contributed by atoms with Crippen molar-refractivity contribution in [3.63, 3.8) is 0 Å². The highest BCUT2D eigenvalue weighted by atomic mass is 19.3. The summed E-state index contributed by atoms with van der Waals surface area (Å²) in [6, 6.07) is 9.96. The van der Waals surface area contributed by atoms with Gasteiger partial charge in [0.05, 0.1) is 5.69 Å². The second-order valence-electron chi connectivity index (χ2n) is 9.05. The molecule has 0 bridgehead atoms. The van der Waals surface area contributed by atoms with E-state index in [1.165, 1.54) is 12.3 Å². The van der Waals surface area contributed by atoms with Gasteiger partial charge in [0.2, 0.25) is 18.3 Å². The first-order valence-corrected chi connectivity index (χ1v) is 11.4. The molecular formula is C24H22F3N9. The summed E-state index contributed by atoms with van der Waals surface area (Å²) in [7, 11) is 1.73. The Hall–Kier alpha value is -4.22. The molecule has 1 aliphatic carbocycles. The molecule has 3 aromatic heterocycles. The van der Waals surface area contributed by atoms with Gasteiger partial charge >= 0.3 is 0 Å². The lowest BCUT2D eigenvalue weighted by Gasteiger charge is -2.20. The van der Waals surface area contributed by atoms with Crippen molar-refractivity contribution in [2.45, 2.75) is 6.43 Å². The smallest absolute Gasteiger partial charge is 0.242 e. The van der Waals surface area contributed by atoms with E-state index in [4.69, 9.17) is 5.73 Å². The maximum atomic E-state index is 14.8. The third-order valence-corrected chi connectivity index (χ3v) is 6.82. The number of aromatic nitrogens is 6. The van der Waals surface area contributed by atoms with Gasteiger partial charge < -0.3 is 16.0 Å². The SMILES string of the molecule is Cn1nc(-c2ccc(N3C[C@@H]4C(C(F)F)[C@@H]4C3)nc2)nc1Nc1ccc(-c2ccnc(N)n2)c(F)c1. The molecule has 1 aromatic carbocycles. The van der Waals surface area contributed by atoms with Crippen molar-refractivity contribution in [2.24, 2.45) is 24.8 Å². The first-order chi connectivity index (χ1) is 17.4. The molecule has 6 rings (SSSR count). The van der Waals surface area contributed by atoms with Crippen LogP contribution in [0.4, 0.5) is 36.6 Å². The third kappa shape index (κ3) is 3.97. The predicted octanol–water partition coefficient (Wildman–Crippen LogP) is 3.75. The van der Waals surface area contributed by atoms with Crippen LogP contribution in [0.2, 0.25) is 0 Å². The Labute approximate surface area is 204 Å². The number of alkyl halides is 2. The summed E-state index contributed by atoms with van der Waals surface area (Å²) in [5.74, 6) is 0.903. The number of halogens is 3. The number of pyridine rings is 1. The van der Waals surface area contributed by atoms with Crippen molar-refractivity contribution in [3.8, 4) is 22.6 Å². The second kappa shape index (κ2) is 8.47. The third-order valence-electron chi connectivity index (χ3n) is 6.82. The van der Waals surface area contributed by atoms with E-state index in [9.17, 15) is 13.2 Å². The maximum absolute atomic E-state index is 14.8. The van der Waals surface area contributed by atoms with Crippen LogP contribution in [0.25, 0.3) is 22.6 Å². The molecule has 184 valence electrons. The molecule has 1 saturated heterocycles. The zero-order valence-corrected chi connectivity index (χ0v) is 19.2. The highest BCUT2D eigenvalue weighted by Crippen LogP contribution is 2.55. The summed E-state index contributed by atoms with van der Waals surface area (Å²) in [4.78, 5) is 18.9. The lowest BCUT2D eigenvalue weighted by molar-refractivity contribution is 0.109. The Bertz CT molecular complexity index is 1410. The monoisotopic (exact) mass is 493 g/mol. The predicted molar refractivity (Wildman–Crippen MR) is 128 cm³/mol. The Morgan fingerprint density at radius 1 is 1.06 bits per heavy atom. The van der Waals surface area contributed by atoms with Crippen LogP contribution in [0.5, 0.6) is 0 Å². The fraction of sp³-hybridized carbons (Fsp3) is 0.292. The van der Waals surface area contributed by atoms with Gasteiger partial charge in [0, 0.05) is 55.3 Å². The van der Waals surface area contributed by atoms with Crippen molar-refractivity contribution in [1.82, 2.24) is 29.7 Å². The molecule has 9 nitrogen and oxygen atoms in total. The van der Waals surface area contributed by atoms with E-state index in [0.717, 1.165) is 5.82 Å². The first-order valence-electron chi connectivity index (χ1n) is 11.4. The normalized spacial score (nSPS) is 20.6. The van der Waals surface area contributed by atoms with E-state index in [1.807, 2.05) is 17.0 Å². The molecule has 1 aliphatic heterocycles. The van der Waals surface area contributed by atoms with Crippen LogP contribution in [0.3, 0.4) is 0 Å². The molecule has 4 heterocycles. The zero-order valence-electron chi connectivity index (χ0n) is 19.2. The fourth-order valence-electron chi connectivity index (χ4n) is 4.91. The summed E-state index contributed by atoms with van der Waals surface area (Å²) >= 11 is 0. The summed E-state index contributed by atoms with van der Waals surface area (Å²) < 4.78 is 42.2. The first kappa shape index (κ1) is 22.3. The van der Waals surface area contributed by atoms with Crippen LogP contribution < -0.4 is 16.0 Å². The van der Waals surface area contributed by atoms with Gasteiger partial charge in [-0.15, -0.1) is 5.10 Å². The van der Waals surface area contributed by atoms with Gasteiger partial charge in [-0.2, -0.15) is 4.98 Å². The van der Waals surface area contributed by atoms with Gasteiger partial charge in [-0.25, -0.2) is 32.8 Å². The molecule has 1 saturated carbocycles. The summed E-state index contributed by atoms with van der Waals surface area (Å²) in [6.07, 6.45) is 0.912. The maximum Gasteiger partial charge on any atom is 0.242 e. The van der Waals surface area contributed by atoms with E-state index in [0.29, 0.717) is 47.4 Å². The molecule has 12 heteroatoms. The van der Waals surface area contributed by atoms with E-state index in [-0.39, 0.29) is 17.8 Å². The number of fused-ring (bicyclic) bond motifs is 1.